The number of anilines is 2. The number of hydrogen-bond acceptors (Lipinski definition) is 5. The van der Waals surface area contributed by atoms with E-state index in [9.17, 15) is 19.2 Å². The highest BCUT2D eigenvalue weighted by Gasteiger charge is 2.38. The van der Waals surface area contributed by atoms with Crippen LogP contribution in [0.4, 0.5) is 11.4 Å². The molecule has 8 nitrogen and oxygen atoms in total. The number of ether oxygens (including phenoxy) is 1. The Morgan fingerprint density at radius 3 is 2.42 bits per heavy atom. The molecule has 1 fully saturated rings. The van der Waals surface area contributed by atoms with Gasteiger partial charge in [-0.3, -0.25) is 19.2 Å². The van der Waals surface area contributed by atoms with E-state index < -0.39 is 29.8 Å². The number of nitrogens with two attached hydrogens (primary N) is 1. The summed E-state index contributed by atoms with van der Waals surface area (Å²) in [4.78, 5) is 50.6. The number of amides is 3. The summed E-state index contributed by atoms with van der Waals surface area (Å²) in [5.74, 6) is -2.17. The van der Waals surface area contributed by atoms with Crippen LogP contribution in [0.5, 0.6) is 0 Å². The number of primary amides is 1. The monoisotopic (exact) mass is 451 g/mol. The van der Waals surface area contributed by atoms with Gasteiger partial charge in [0.15, 0.2) is 6.10 Å². The van der Waals surface area contributed by atoms with Crippen LogP contribution in [0.2, 0.25) is 0 Å². The van der Waals surface area contributed by atoms with Crippen LogP contribution in [-0.4, -0.2) is 36.3 Å². The summed E-state index contributed by atoms with van der Waals surface area (Å²) in [6.07, 6.45) is -0.0798. The highest BCUT2D eigenvalue weighted by Crippen LogP contribution is 2.33. The van der Waals surface area contributed by atoms with E-state index in [4.69, 9.17) is 10.5 Å². The van der Waals surface area contributed by atoms with Gasteiger partial charge in [0, 0.05) is 29.9 Å². The van der Waals surface area contributed by atoms with Crippen molar-refractivity contribution in [1.29, 1.82) is 0 Å². The van der Waals surface area contributed by atoms with Crippen molar-refractivity contribution in [2.45, 2.75) is 45.6 Å². The van der Waals surface area contributed by atoms with Crippen LogP contribution in [0.1, 0.15) is 55.5 Å². The summed E-state index contributed by atoms with van der Waals surface area (Å²) in [6.45, 7) is 5.88. The van der Waals surface area contributed by atoms with E-state index in [-0.39, 0.29) is 24.8 Å². The summed E-state index contributed by atoms with van der Waals surface area (Å²) in [5, 5.41) is 2.63. The molecule has 1 heterocycles. The Kier molecular flexibility index (Phi) is 7.48. The zero-order valence-corrected chi connectivity index (χ0v) is 19.0. The molecule has 0 aliphatic carbocycles. The Labute approximate surface area is 193 Å². The van der Waals surface area contributed by atoms with E-state index in [0.29, 0.717) is 11.3 Å². The van der Waals surface area contributed by atoms with E-state index >= 15 is 0 Å². The van der Waals surface area contributed by atoms with Crippen molar-refractivity contribution in [2.24, 2.45) is 11.7 Å². The lowest BCUT2D eigenvalue weighted by atomic mass is 9.96. The maximum absolute atomic E-state index is 12.7. The first-order valence-corrected chi connectivity index (χ1v) is 11.0. The lowest BCUT2D eigenvalue weighted by molar-refractivity contribution is -0.157. The van der Waals surface area contributed by atoms with Crippen molar-refractivity contribution < 1.29 is 23.9 Å². The van der Waals surface area contributed by atoms with E-state index in [1.54, 1.807) is 4.90 Å². The van der Waals surface area contributed by atoms with E-state index in [1.807, 2.05) is 24.3 Å². The van der Waals surface area contributed by atoms with Gasteiger partial charge in [-0.1, -0.05) is 32.0 Å². The number of rotatable bonds is 8. The normalized spacial score (nSPS) is 17.4. The fourth-order valence-corrected chi connectivity index (χ4v) is 3.75. The molecule has 8 heteroatoms. The van der Waals surface area contributed by atoms with Crippen LogP contribution in [0.25, 0.3) is 0 Å². The number of carbonyl (C=O) groups is 4. The third-order valence-corrected chi connectivity index (χ3v) is 5.93. The van der Waals surface area contributed by atoms with Crippen LogP contribution in [0.3, 0.4) is 0 Å². The highest BCUT2D eigenvalue weighted by molar-refractivity contribution is 6.01. The average Bonchev–Trinajstić information content (AvgIpc) is 3.20. The van der Waals surface area contributed by atoms with Gasteiger partial charge in [0.1, 0.15) is 0 Å². The number of carbonyl (C=O) groups excluding carboxylic acids is 4. The van der Waals surface area contributed by atoms with Crippen LogP contribution in [0, 0.1) is 5.92 Å². The summed E-state index contributed by atoms with van der Waals surface area (Å²) in [7, 11) is 0. The van der Waals surface area contributed by atoms with Crippen molar-refractivity contribution >= 4 is 35.1 Å². The number of nitrogens with zero attached hydrogens (tertiary/aromatic N) is 1. The summed E-state index contributed by atoms with van der Waals surface area (Å²) >= 11 is 0. The Balaban J connectivity index is 1.61. The topological polar surface area (TPSA) is 119 Å². The molecule has 2 aromatic rings. The average molecular weight is 452 g/mol. The standard InChI is InChI=1S/C25H29N3O5/c1-4-15(2)20-7-5-6-8-21(20)28-14-18(13-22(28)29)25(32)33-16(3)24(31)27-19-11-9-17(10-12-19)23(26)30/h5-12,15-16,18H,4,13-14H2,1-3H3,(H2,26,30)(H,27,31)/t15-,16+,18-/m0/s1. The molecule has 174 valence electrons. The second-order valence-corrected chi connectivity index (χ2v) is 8.28. The van der Waals surface area contributed by atoms with Gasteiger partial charge in [-0.15, -0.1) is 0 Å². The molecule has 0 unspecified atom stereocenters. The van der Waals surface area contributed by atoms with Crippen molar-refractivity contribution in [2.75, 3.05) is 16.8 Å². The zero-order chi connectivity index (χ0) is 24.1. The molecule has 33 heavy (non-hydrogen) atoms. The summed E-state index contributed by atoms with van der Waals surface area (Å²) in [6, 6.07) is 13.8. The molecule has 0 saturated carbocycles. The molecule has 0 aromatic heterocycles. The SMILES string of the molecule is CC[C@H](C)c1ccccc1N1C[C@@H](C(=O)O[C@H](C)C(=O)Nc2ccc(C(N)=O)cc2)CC1=O. The van der Waals surface area contributed by atoms with E-state index in [0.717, 1.165) is 17.7 Å². The third kappa shape index (κ3) is 5.58. The van der Waals surface area contributed by atoms with Crippen molar-refractivity contribution in [3.8, 4) is 0 Å². The maximum atomic E-state index is 12.7. The molecule has 0 radical (unpaired) electrons. The van der Waals surface area contributed by atoms with Crippen LogP contribution < -0.4 is 16.0 Å². The van der Waals surface area contributed by atoms with Crippen molar-refractivity contribution in [3.63, 3.8) is 0 Å². The maximum Gasteiger partial charge on any atom is 0.312 e. The van der Waals surface area contributed by atoms with Gasteiger partial charge in [-0.2, -0.15) is 0 Å². The highest BCUT2D eigenvalue weighted by atomic mass is 16.5. The van der Waals surface area contributed by atoms with Gasteiger partial charge in [0.25, 0.3) is 5.91 Å². The Morgan fingerprint density at radius 2 is 1.79 bits per heavy atom. The molecule has 0 bridgehead atoms. The Bertz CT molecular complexity index is 1050. The van der Waals surface area contributed by atoms with Crippen molar-refractivity contribution in [3.05, 3.63) is 59.7 Å². The van der Waals surface area contributed by atoms with E-state index in [1.165, 1.54) is 31.2 Å². The molecule has 1 saturated heterocycles. The molecule has 0 spiro atoms. The number of para-hydroxylation sites is 1. The zero-order valence-electron chi connectivity index (χ0n) is 19.0. The lowest BCUT2D eigenvalue weighted by Gasteiger charge is -2.23. The largest absolute Gasteiger partial charge is 0.452 e. The first kappa shape index (κ1) is 24.0. The fourth-order valence-electron chi connectivity index (χ4n) is 3.75. The molecular weight excluding hydrogens is 422 g/mol. The summed E-state index contributed by atoms with van der Waals surface area (Å²) < 4.78 is 5.36. The van der Waals surface area contributed by atoms with Crippen LogP contribution in [-0.2, 0) is 19.1 Å². The number of benzene rings is 2. The van der Waals surface area contributed by atoms with Gasteiger partial charge in [-0.05, 0) is 55.2 Å². The minimum absolute atomic E-state index is 0.0383. The Hall–Kier alpha value is -3.68. The van der Waals surface area contributed by atoms with Crippen molar-refractivity contribution in [1.82, 2.24) is 0 Å². The number of hydrogen-bond donors (Lipinski definition) is 2. The quantitative estimate of drug-likeness (QED) is 0.598. The molecule has 1 aliphatic rings. The molecule has 3 N–H and O–H groups in total. The molecule has 3 atom stereocenters. The molecular formula is C25H29N3O5. The number of esters is 1. The minimum atomic E-state index is -1.05. The van der Waals surface area contributed by atoms with Gasteiger partial charge in [-0.25, -0.2) is 0 Å². The summed E-state index contributed by atoms with van der Waals surface area (Å²) in [5.41, 5.74) is 7.85. The third-order valence-electron chi connectivity index (χ3n) is 5.93. The van der Waals surface area contributed by atoms with Gasteiger partial charge >= 0.3 is 5.97 Å². The lowest BCUT2D eigenvalue weighted by Crippen LogP contribution is -2.33. The molecule has 3 amide bonds. The first-order valence-electron chi connectivity index (χ1n) is 11.0. The smallest absolute Gasteiger partial charge is 0.312 e. The Morgan fingerprint density at radius 1 is 1.12 bits per heavy atom. The van der Waals surface area contributed by atoms with Gasteiger partial charge in [0.2, 0.25) is 11.8 Å². The predicted octanol–water partition coefficient (Wildman–Crippen LogP) is 3.22. The molecule has 3 rings (SSSR count). The first-order chi connectivity index (χ1) is 15.7. The van der Waals surface area contributed by atoms with Crippen LogP contribution in [0.15, 0.2) is 48.5 Å². The fraction of sp³-hybridized carbons (Fsp3) is 0.360. The number of nitrogens with one attached hydrogen (secondary N) is 1. The van der Waals surface area contributed by atoms with Gasteiger partial charge < -0.3 is 20.7 Å². The second-order valence-electron chi connectivity index (χ2n) is 8.28. The molecule has 2 aromatic carbocycles. The molecule has 1 aliphatic heterocycles. The van der Waals surface area contributed by atoms with Crippen LogP contribution >= 0.6 is 0 Å². The van der Waals surface area contributed by atoms with E-state index in [2.05, 4.69) is 19.2 Å². The second kappa shape index (κ2) is 10.3. The minimum Gasteiger partial charge on any atom is -0.452 e. The predicted molar refractivity (Wildman–Crippen MR) is 125 cm³/mol. The van der Waals surface area contributed by atoms with Gasteiger partial charge in [0.05, 0.1) is 5.92 Å².